The second kappa shape index (κ2) is 10.7. The third kappa shape index (κ3) is 5.95. The van der Waals surface area contributed by atoms with Crippen LogP contribution in [0.2, 0.25) is 0 Å². The van der Waals surface area contributed by atoms with E-state index in [4.69, 9.17) is 9.47 Å². The smallest absolute Gasteiger partial charge is 0.416 e. The van der Waals surface area contributed by atoms with Gasteiger partial charge in [-0.3, -0.25) is 4.31 Å². The summed E-state index contributed by atoms with van der Waals surface area (Å²) in [7, 11) is -4.61. The number of hydrogen-bond acceptors (Lipinski definition) is 6. The minimum absolute atomic E-state index is 0.0559. The lowest BCUT2D eigenvalue weighted by atomic mass is 9.81. The van der Waals surface area contributed by atoms with Gasteiger partial charge < -0.3 is 19.3 Å². The number of ether oxygens (including phenoxy) is 3. The van der Waals surface area contributed by atoms with Crippen LogP contribution in [0.15, 0.2) is 65.6 Å². The maximum absolute atomic E-state index is 14.2. The Morgan fingerprint density at radius 1 is 1.05 bits per heavy atom. The van der Waals surface area contributed by atoms with Crippen molar-refractivity contribution in [2.75, 3.05) is 30.7 Å². The van der Waals surface area contributed by atoms with Gasteiger partial charge in [0.25, 0.3) is 10.0 Å². The first-order valence-electron chi connectivity index (χ1n) is 12.2. The number of hydrogen-bond donors (Lipinski definition) is 1. The average Bonchev–Trinajstić information content (AvgIpc) is 2.89. The van der Waals surface area contributed by atoms with Gasteiger partial charge >= 0.3 is 12.8 Å². The van der Waals surface area contributed by atoms with E-state index in [2.05, 4.69) is 4.74 Å². The van der Waals surface area contributed by atoms with Crippen molar-refractivity contribution in [2.24, 2.45) is 5.41 Å². The minimum atomic E-state index is -4.79. The number of aliphatic hydroxyl groups is 1. The number of benzene rings is 3. The van der Waals surface area contributed by atoms with E-state index in [0.29, 0.717) is 6.07 Å². The second-order valence-electron chi connectivity index (χ2n) is 9.89. The fourth-order valence-corrected chi connectivity index (χ4v) is 6.38. The molecule has 1 saturated heterocycles. The van der Waals surface area contributed by atoms with Gasteiger partial charge in [-0.05, 0) is 60.0 Å². The number of aliphatic hydroxyl groups excluding tert-OH is 1. The number of sulfonamides is 1. The first kappa shape index (κ1) is 29.0. The van der Waals surface area contributed by atoms with Crippen LogP contribution in [0.5, 0.6) is 11.5 Å². The monoisotopic (exact) mass is 603 g/mol. The molecule has 1 atom stereocenters. The van der Waals surface area contributed by atoms with E-state index in [1.807, 2.05) is 0 Å². The molecule has 0 aliphatic carbocycles. The summed E-state index contributed by atoms with van der Waals surface area (Å²) in [6.07, 6.45) is -5.40. The van der Waals surface area contributed by atoms with Gasteiger partial charge in [0.15, 0.2) is 0 Å². The molecule has 2 aliphatic heterocycles. The molecule has 0 spiro atoms. The van der Waals surface area contributed by atoms with E-state index in [0.717, 1.165) is 40.7 Å². The van der Waals surface area contributed by atoms with E-state index < -0.39 is 56.4 Å². The van der Waals surface area contributed by atoms with Crippen LogP contribution in [0.25, 0.3) is 11.1 Å². The van der Waals surface area contributed by atoms with Crippen molar-refractivity contribution >= 4 is 15.7 Å². The molecule has 1 N–H and O–H groups in total. The van der Waals surface area contributed by atoms with E-state index in [-0.39, 0.29) is 55.4 Å². The highest BCUT2D eigenvalue weighted by Gasteiger charge is 2.44. The third-order valence-corrected chi connectivity index (χ3v) is 8.66. The molecule has 0 unspecified atom stereocenters. The van der Waals surface area contributed by atoms with Crippen LogP contribution in [0.3, 0.4) is 0 Å². The van der Waals surface area contributed by atoms with Gasteiger partial charge in [0.05, 0.1) is 42.5 Å². The Hall–Kier alpha value is -3.49. The Morgan fingerprint density at radius 2 is 1.80 bits per heavy atom. The van der Waals surface area contributed by atoms with Crippen LogP contribution < -0.4 is 13.8 Å². The molecule has 5 rings (SSSR count). The molecule has 3 aromatic carbocycles. The molecule has 0 amide bonds. The zero-order valence-electron chi connectivity index (χ0n) is 21.1. The molecule has 0 saturated carbocycles. The molecule has 2 heterocycles. The molecule has 1 fully saturated rings. The number of fused-ring (bicyclic) bond motifs is 1. The predicted molar refractivity (Wildman–Crippen MR) is 134 cm³/mol. The van der Waals surface area contributed by atoms with E-state index in [9.17, 15) is 39.9 Å². The summed E-state index contributed by atoms with van der Waals surface area (Å²) in [6.45, 7) is -3.34. The van der Waals surface area contributed by atoms with Crippen molar-refractivity contribution in [1.82, 2.24) is 0 Å². The summed E-state index contributed by atoms with van der Waals surface area (Å²) in [5.74, 6) is -1.29. The molecule has 3 aromatic rings. The maximum atomic E-state index is 14.2. The number of anilines is 1. The highest BCUT2D eigenvalue weighted by atomic mass is 32.2. The molecule has 14 heteroatoms. The van der Waals surface area contributed by atoms with Crippen molar-refractivity contribution in [2.45, 2.75) is 30.2 Å². The number of alkyl halides is 5. The number of halogens is 6. The molecular weight excluding hydrogens is 580 g/mol. The van der Waals surface area contributed by atoms with Crippen LogP contribution in [0, 0.1) is 11.2 Å². The standard InChI is InChI=1S/C27H23F6NO6S/c28-19-6-17(7-20(10-19)40-25(29)30)16-4-5-24-23(8-16)34(12-21(39-24)11-26(13-35)14-38-15-26)41(36,37)22-3-1-2-18(9-22)27(31,32)33/h1-10,21,25,35H,11-15H2/t21-/m0/s1. The van der Waals surface area contributed by atoms with Crippen LogP contribution >= 0.6 is 0 Å². The predicted octanol–water partition coefficient (Wildman–Crippen LogP) is 5.47. The van der Waals surface area contributed by atoms with Crippen LogP contribution in [-0.2, 0) is 20.9 Å². The Labute approximate surface area is 230 Å². The van der Waals surface area contributed by atoms with Gasteiger partial charge in [0, 0.05) is 11.5 Å². The summed E-state index contributed by atoms with van der Waals surface area (Å²) < 4.78 is 124. The molecule has 0 aromatic heterocycles. The number of nitrogens with zero attached hydrogens (tertiary/aromatic N) is 1. The van der Waals surface area contributed by atoms with E-state index >= 15 is 0 Å². The maximum Gasteiger partial charge on any atom is 0.416 e. The lowest BCUT2D eigenvalue weighted by Crippen LogP contribution is -2.52. The fraction of sp³-hybridized carbons (Fsp3) is 0.333. The SMILES string of the molecule is O=S(=O)(c1cccc(C(F)(F)F)c1)N1C[C@H](CC2(CO)COC2)Oc2ccc(-c3cc(F)cc(OC(F)F)c3)cc21. The van der Waals surface area contributed by atoms with Crippen molar-refractivity contribution in [3.8, 4) is 22.6 Å². The molecule has 0 radical (unpaired) electrons. The fourth-order valence-electron chi connectivity index (χ4n) is 4.83. The highest BCUT2D eigenvalue weighted by molar-refractivity contribution is 7.92. The summed E-state index contributed by atoms with van der Waals surface area (Å²) in [6, 6.07) is 10.4. The van der Waals surface area contributed by atoms with Crippen molar-refractivity contribution in [3.05, 3.63) is 72.0 Å². The quantitative estimate of drug-likeness (QED) is 0.344. The van der Waals surface area contributed by atoms with Gasteiger partial charge in [0.2, 0.25) is 0 Å². The summed E-state index contributed by atoms with van der Waals surface area (Å²) in [5.41, 5.74) is -1.61. The van der Waals surface area contributed by atoms with Crippen LogP contribution in [-0.4, -0.2) is 52.6 Å². The Morgan fingerprint density at radius 3 is 2.44 bits per heavy atom. The Kier molecular flexibility index (Phi) is 7.59. The lowest BCUT2D eigenvalue weighted by molar-refractivity contribution is -0.151. The molecule has 0 bridgehead atoms. The van der Waals surface area contributed by atoms with Gasteiger partial charge in [-0.2, -0.15) is 22.0 Å². The molecule has 220 valence electrons. The van der Waals surface area contributed by atoms with Gasteiger partial charge in [-0.15, -0.1) is 0 Å². The van der Waals surface area contributed by atoms with Crippen LogP contribution in [0.4, 0.5) is 32.0 Å². The van der Waals surface area contributed by atoms with Gasteiger partial charge in [-0.1, -0.05) is 12.1 Å². The average molecular weight is 604 g/mol. The Bertz CT molecular complexity index is 1540. The molecule has 41 heavy (non-hydrogen) atoms. The molecule has 2 aliphatic rings. The van der Waals surface area contributed by atoms with Crippen molar-refractivity contribution in [1.29, 1.82) is 0 Å². The lowest BCUT2D eigenvalue weighted by Gasteiger charge is -2.44. The van der Waals surface area contributed by atoms with Crippen LogP contribution in [0.1, 0.15) is 12.0 Å². The molecule has 7 nitrogen and oxygen atoms in total. The Balaban J connectivity index is 1.59. The highest BCUT2D eigenvalue weighted by Crippen LogP contribution is 2.44. The minimum Gasteiger partial charge on any atom is -0.486 e. The van der Waals surface area contributed by atoms with Crippen molar-refractivity contribution < 1.29 is 54.1 Å². The first-order chi connectivity index (χ1) is 19.3. The molecular formula is C27H23F6NO6S. The number of rotatable bonds is 8. The van der Waals surface area contributed by atoms with Crippen molar-refractivity contribution in [3.63, 3.8) is 0 Å². The van der Waals surface area contributed by atoms with E-state index in [1.165, 1.54) is 18.2 Å². The summed E-state index contributed by atoms with van der Waals surface area (Å²) in [5, 5.41) is 9.87. The summed E-state index contributed by atoms with van der Waals surface area (Å²) >= 11 is 0. The van der Waals surface area contributed by atoms with E-state index in [1.54, 1.807) is 0 Å². The third-order valence-electron chi connectivity index (χ3n) is 6.88. The zero-order chi connectivity index (χ0) is 29.6. The normalized spacial score (nSPS) is 18.4. The van der Waals surface area contributed by atoms with Gasteiger partial charge in [0.1, 0.15) is 23.4 Å². The second-order valence-corrected chi connectivity index (χ2v) is 11.8. The topological polar surface area (TPSA) is 85.3 Å². The zero-order valence-corrected chi connectivity index (χ0v) is 21.9. The first-order valence-corrected chi connectivity index (χ1v) is 13.7. The van der Waals surface area contributed by atoms with Gasteiger partial charge in [-0.25, -0.2) is 12.8 Å². The largest absolute Gasteiger partial charge is 0.486 e. The summed E-state index contributed by atoms with van der Waals surface area (Å²) in [4.78, 5) is -0.619.